The van der Waals surface area contributed by atoms with Crippen LogP contribution in [0.2, 0.25) is 0 Å². The van der Waals surface area contributed by atoms with E-state index >= 15 is 0 Å². The van der Waals surface area contributed by atoms with Gasteiger partial charge in [0, 0.05) is 7.05 Å². The summed E-state index contributed by atoms with van der Waals surface area (Å²) in [4.78, 5) is 4.31. The second kappa shape index (κ2) is 7.73. The average molecular weight is 404 g/mol. The molecule has 0 aliphatic carbocycles. The van der Waals surface area contributed by atoms with Gasteiger partial charge in [0.2, 0.25) is 0 Å². The Balaban J connectivity index is 2.25. The highest BCUT2D eigenvalue weighted by Gasteiger charge is 2.35. The Morgan fingerprint density at radius 3 is 2.14 bits per heavy atom. The molecule has 6 heteroatoms. The maximum Gasteiger partial charge on any atom is 0.418 e. The predicted octanol–water partition coefficient (Wildman–Crippen LogP) is 7.21. The van der Waals surface area contributed by atoms with Gasteiger partial charge in [-0.2, -0.15) is 18.2 Å². The summed E-state index contributed by atoms with van der Waals surface area (Å²) >= 11 is 0. The van der Waals surface area contributed by atoms with Crippen LogP contribution < -0.4 is 4.74 Å². The smallest absolute Gasteiger partial charge is 0.418 e. The fourth-order valence-corrected chi connectivity index (χ4v) is 4.12. The number of fused-ring (bicyclic) bond motifs is 1. The van der Waals surface area contributed by atoms with Gasteiger partial charge in [-0.25, -0.2) is 0 Å². The minimum atomic E-state index is -4.48. The van der Waals surface area contributed by atoms with Crippen molar-refractivity contribution in [3.8, 4) is 11.8 Å². The van der Waals surface area contributed by atoms with Crippen molar-refractivity contribution in [1.29, 1.82) is 0 Å². The van der Waals surface area contributed by atoms with Gasteiger partial charge in [0.25, 0.3) is 0 Å². The molecule has 1 aromatic heterocycles. The predicted molar refractivity (Wildman–Crippen MR) is 110 cm³/mol. The standard InChI is InChI=1S/C23H27F3N2O/c1-7-16(8-2)17-9-10-18(23(24,25)26)19-20(17)28(6)22(27-19)29-21-14(4)11-13(3)12-15(21)5/h9-12,16H,7-8H2,1-6H3. The lowest BCUT2D eigenvalue weighted by atomic mass is 9.91. The molecule has 0 unspecified atom stereocenters. The van der Waals surface area contributed by atoms with Crippen LogP contribution in [0.25, 0.3) is 11.0 Å². The highest BCUT2D eigenvalue weighted by atomic mass is 19.4. The number of aromatic nitrogens is 2. The van der Waals surface area contributed by atoms with E-state index in [1.54, 1.807) is 17.7 Å². The van der Waals surface area contributed by atoms with Gasteiger partial charge in [-0.3, -0.25) is 4.57 Å². The van der Waals surface area contributed by atoms with Crippen molar-refractivity contribution in [3.63, 3.8) is 0 Å². The van der Waals surface area contributed by atoms with Crippen LogP contribution >= 0.6 is 0 Å². The molecule has 0 saturated carbocycles. The lowest BCUT2D eigenvalue weighted by molar-refractivity contribution is -0.136. The Kier molecular flexibility index (Phi) is 5.65. The molecule has 3 rings (SSSR count). The number of alkyl halides is 3. The third kappa shape index (κ3) is 3.85. The summed E-state index contributed by atoms with van der Waals surface area (Å²) in [6, 6.07) is 6.88. The fourth-order valence-electron chi connectivity index (χ4n) is 4.12. The molecule has 0 fully saturated rings. The number of imidazole rings is 1. The summed E-state index contributed by atoms with van der Waals surface area (Å²) in [7, 11) is 1.72. The van der Waals surface area contributed by atoms with Gasteiger partial charge in [0.15, 0.2) is 0 Å². The van der Waals surface area contributed by atoms with Crippen LogP contribution in [0.1, 0.15) is 60.4 Å². The molecule has 0 atom stereocenters. The number of hydrogen-bond donors (Lipinski definition) is 0. The Hall–Kier alpha value is -2.50. The molecule has 0 radical (unpaired) electrons. The normalized spacial score (nSPS) is 12.2. The summed E-state index contributed by atoms with van der Waals surface area (Å²) < 4.78 is 48.7. The van der Waals surface area contributed by atoms with Crippen molar-refractivity contribution < 1.29 is 17.9 Å². The van der Waals surface area contributed by atoms with Crippen LogP contribution in [0.3, 0.4) is 0 Å². The Morgan fingerprint density at radius 1 is 1.03 bits per heavy atom. The number of halogens is 3. The van der Waals surface area contributed by atoms with E-state index in [4.69, 9.17) is 4.74 Å². The quantitative estimate of drug-likeness (QED) is 0.449. The van der Waals surface area contributed by atoms with Gasteiger partial charge in [-0.15, -0.1) is 0 Å². The molecule has 0 N–H and O–H groups in total. The van der Waals surface area contributed by atoms with E-state index < -0.39 is 11.7 Å². The van der Waals surface area contributed by atoms with Crippen LogP contribution in [0.15, 0.2) is 24.3 Å². The average Bonchev–Trinajstić information content (AvgIpc) is 2.95. The van der Waals surface area contributed by atoms with Crippen molar-refractivity contribution in [3.05, 3.63) is 52.1 Å². The molecular formula is C23H27F3N2O. The first-order chi connectivity index (χ1) is 13.6. The molecule has 0 aliphatic rings. The largest absolute Gasteiger partial charge is 0.425 e. The number of nitrogens with zero attached hydrogens (tertiary/aromatic N) is 2. The molecule has 0 bridgehead atoms. The second-order valence-electron chi connectivity index (χ2n) is 7.69. The zero-order valence-corrected chi connectivity index (χ0v) is 17.7. The van der Waals surface area contributed by atoms with E-state index in [9.17, 15) is 13.2 Å². The van der Waals surface area contributed by atoms with Gasteiger partial charge < -0.3 is 4.74 Å². The SMILES string of the molecule is CCC(CC)c1ccc(C(F)(F)F)c2nc(Oc3c(C)cc(C)cc3C)n(C)c12. The number of hydrogen-bond acceptors (Lipinski definition) is 2. The van der Waals surface area contributed by atoms with E-state index in [-0.39, 0.29) is 17.4 Å². The van der Waals surface area contributed by atoms with Gasteiger partial charge in [-0.1, -0.05) is 37.6 Å². The van der Waals surface area contributed by atoms with Crippen molar-refractivity contribution >= 4 is 11.0 Å². The fraction of sp³-hybridized carbons (Fsp3) is 0.435. The molecule has 2 aromatic carbocycles. The first-order valence-corrected chi connectivity index (χ1v) is 9.90. The molecule has 1 heterocycles. The third-order valence-corrected chi connectivity index (χ3v) is 5.54. The summed E-state index contributed by atoms with van der Waals surface area (Å²) in [5.74, 6) is 0.789. The molecule has 0 aliphatic heterocycles. The van der Waals surface area contributed by atoms with Crippen LogP contribution in [-0.4, -0.2) is 9.55 Å². The number of benzene rings is 2. The van der Waals surface area contributed by atoms with Crippen LogP contribution in [0, 0.1) is 20.8 Å². The number of ether oxygens (including phenoxy) is 1. The van der Waals surface area contributed by atoms with Crippen LogP contribution in [-0.2, 0) is 13.2 Å². The lowest BCUT2D eigenvalue weighted by Gasteiger charge is -2.17. The highest BCUT2D eigenvalue weighted by molar-refractivity contribution is 5.85. The summed E-state index contributed by atoms with van der Waals surface area (Å²) in [6.45, 7) is 9.94. The zero-order chi connectivity index (χ0) is 21.5. The molecule has 156 valence electrons. The Labute approximate surface area is 169 Å². The highest BCUT2D eigenvalue weighted by Crippen LogP contribution is 2.41. The molecule has 29 heavy (non-hydrogen) atoms. The van der Waals surface area contributed by atoms with Crippen molar-refractivity contribution in [2.45, 2.75) is 59.6 Å². The first kappa shape index (κ1) is 21.2. The molecule has 3 nitrogen and oxygen atoms in total. The van der Waals surface area contributed by atoms with Gasteiger partial charge in [0.05, 0.1) is 11.1 Å². The minimum Gasteiger partial charge on any atom is -0.425 e. The van der Waals surface area contributed by atoms with E-state index in [0.29, 0.717) is 11.3 Å². The molecular weight excluding hydrogens is 377 g/mol. The van der Waals surface area contributed by atoms with Crippen molar-refractivity contribution in [2.24, 2.45) is 7.05 Å². The van der Waals surface area contributed by atoms with E-state index in [2.05, 4.69) is 4.98 Å². The van der Waals surface area contributed by atoms with Crippen molar-refractivity contribution in [1.82, 2.24) is 9.55 Å². The maximum absolute atomic E-state index is 13.7. The molecule has 3 aromatic rings. The first-order valence-electron chi connectivity index (χ1n) is 9.90. The number of aryl methyl sites for hydroxylation is 4. The van der Waals surface area contributed by atoms with Crippen LogP contribution in [0.5, 0.6) is 11.8 Å². The van der Waals surface area contributed by atoms with E-state index in [1.165, 1.54) is 0 Å². The Bertz CT molecular complexity index is 1020. The Morgan fingerprint density at radius 2 is 1.62 bits per heavy atom. The zero-order valence-electron chi connectivity index (χ0n) is 17.7. The molecule has 0 saturated heterocycles. The second-order valence-corrected chi connectivity index (χ2v) is 7.69. The van der Waals surface area contributed by atoms with Gasteiger partial charge in [0.1, 0.15) is 11.3 Å². The summed E-state index contributed by atoms with van der Waals surface area (Å²) in [5.41, 5.74) is 3.53. The summed E-state index contributed by atoms with van der Waals surface area (Å²) in [5, 5.41) is 0. The lowest BCUT2D eigenvalue weighted by Crippen LogP contribution is -2.08. The topological polar surface area (TPSA) is 27.1 Å². The molecule has 0 amide bonds. The van der Waals surface area contributed by atoms with Gasteiger partial charge in [-0.05, 0) is 62.3 Å². The minimum absolute atomic E-state index is 0.0539. The van der Waals surface area contributed by atoms with Crippen molar-refractivity contribution in [2.75, 3.05) is 0 Å². The summed E-state index contributed by atoms with van der Waals surface area (Å²) in [6.07, 6.45) is -2.80. The number of rotatable bonds is 5. The third-order valence-electron chi connectivity index (χ3n) is 5.54. The van der Waals surface area contributed by atoms with Crippen LogP contribution in [0.4, 0.5) is 13.2 Å². The monoisotopic (exact) mass is 404 g/mol. The van der Waals surface area contributed by atoms with E-state index in [1.807, 2.05) is 46.8 Å². The maximum atomic E-state index is 13.7. The van der Waals surface area contributed by atoms with Gasteiger partial charge >= 0.3 is 12.2 Å². The van der Waals surface area contributed by atoms with E-state index in [0.717, 1.165) is 41.2 Å². The molecule has 0 spiro atoms.